The molecule has 0 aliphatic heterocycles. The van der Waals surface area contributed by atoms with Crippen LogP contribution in [0.3, 0.4) is 0 Å². The highest BCUT2D eigenvalue weighted by molar-refractivity contribution is 5.73. The molecule has 2 N–H and O–H groups in total. The van der Waals surface area contributed by atoms with Gasteiger partial charge in [0.25, 0.3) is 0 Å². The molecule has 1 rings (SSSR count). The van der Waals surface area contributed by atoms with Gasteiger partial charge in [0.05, 0.1) is 7.11 Å². The Kier molecular flexibility index (Phi) is 4.92. The van der Waals surface area contributed by atoms with Gasteiger partial charge in [0.2, 0.25) is 0 Å². The van der Waals surface area contributed by atoms with Crippen LogP contribution in [0.1, 0.15) is 5.56 Å². The van der Waals surface area contributed by atoms with Crippen molar-refractivity contribution in [2.24, 2.45) is 0 Å². The van der Waals surface area contributed by atoms with Gasteiger partial charge in [-0.3, -0.25) is 0 Å². The molecule has 1 aromatic carbocycles. The summed E-state index contributed by atoms with van der Waals surface area (Å²) in [5.74, 6) is 0.805. The average molecular weight is 220 g/mol. The number of nitrogens with one attached hydrogen (secondary N) is 2. The van der Waals surface area contributed by atoms with E-state index in [1.54, 1.807) is 13.2 Å². The third kappa shape index (κ3) is 4.04. The van der Waals surface area contributed by atoms with E-state index in [9.17, 15) is 4.79 Å². The lowest BCUT2D eigenvalue weighted by molar-refractivity contribution is 0.241. The summed E-state index contributed by atoms with van der Waals surface area (Å²) in [4.78, 5) is 11.2. The van der Waals surface area contributed by atoms with Gasteiger partial charge in [-0.05, 0) is 17.7 Å². The molecule has 0 radical (unpaired) electrons. The minimum Gasteiger partial charge on any atom is -0.497 e. The molecule has 0 aliphatic rings. The number of ether oxygens (including phenoxy) is 1. The van der Waals surface area contributed by atoms with Gasteiger partial charge in [-0.25, -0.2) is 4.79 Å². The first-order valence-corrected chi connectivity index (χ1v) is 5.02. The summed E-state index contributed by atoms with van der Waals surface area (Å²) in [6, 6.07) is 7.34. The predicted octanol–water partition coefficient (Wildman–Crippen LogP) is 1.68. The number of rotatable bonds is 5. The first kappa shape index (κ1) is 12.1. The molecule has 16 heavy (non-hydrogen) atoms. The van der Waals surface area contributed by atoms with E-state index in [0.29, 0.717) is 13.1 Å². The van der Waals surface area contributed by atoms with E-state index in [0.717, 1.165) is 11.3 Å². The quantitative estimate of drug-likeness (QED) is 0.742. The van der Waals surface area contributed by atoms with Crippen LogP contribution in [0.25, 0.3) is 0 Å². The maximum absolute atomic E-state index is 11.2. The van der Waals surface area contributed by atoms with E-state index in [4.69, 9.17) is 4.74 Å². The standard InChI is InChI=1S/C12H16N2O2/c1-3-8-13-12(15)14-9-10-4-6-11(16-2)7-5-10/h3-7H,1,8-9H2,2H3,(H2,13,14,15). The van der Waals surface area contributed by atoms with Crippen LogP contribution in [0, 0.1) is 0 Å². The molecule has 0 aromatic heterocycles. The number of carbonyl (C=O) groups excluding carboxylic acids is 1. The average Bonchev–Trinajstić information content (AvgIpc) is 2.34. The Morgan fingerprint density at radius 1 is 1.38 bits per heavy atom. The van der Waals surface area contributed by atoms with Crippen molar-refractivity contribution < 1.29 is 9.53 Å². The van der Waals surface area contributed by atoms with Crippen molar-refractivity contribution in [2.45, 2.75) is 6.54 Å². The number of hydrogen-bond acceptors (Lipinski definition) is 2. The molecule has 86 valence electrons. The maximum atomic E-state index is 11.2. The lowest BCUT2D eigenvalue weighted by atomic mass is 10.2. The second kappa shape index (κ2) is 6.50. The van der Waals surface area contributed by atoms with Crippen molar-refractivity contribution in [2.75, 3.05) is 13.7 Å². The van der Waals surface area contributed by atoms with Gasteiger partial charge in [0, 0.05) is 13.1 Å². The van der Waals surface area contributed by atoms with Crippen LogP contribution in [0.4, 0.5) is 4.79 Å². The fourth-order valence-corrected chi connectivity index (χ4v) is 1.15. The highest BCUT2D eigenvalue weighted by Crippen LogP contribution is 2.10. The second-order valence-corrected chi connectivity index (χ2v) is 3.20. The summed E-state index contributed by atoms with van der Waals surface area (Å²) in [5.41, 5.74) is 1.02. The molecular formula is C12H16N2O2. The van der Waals surface area contributed by atoms with E-state index in [2.05, 4.69) is 17.2 Å². The molecule has 0 aliphatic carbocycles. The molecule has 0 heterocycles. The zero-order valence-corrected chi connectivity index (χ0v) is 9.32. The van der Waals surface area contributed by atoms with E-state index in [1.807, 2.05) is 24.3 Å². The Morgan fingerprint density at radius 2 is 2.06 bits per heavy atom. The normalized spacial score (nSPS) is 9.31. The Morgan fingerprint density at radius 3 is 2.62 bits per heavy atom. The zero-order valence-electron chi connectivity index (χ0n) is 9.32. The van der Waals surface area contributed by atoms with Gasteiger partial charge >= 0.3 is 6.03 Å². The Bertz CT molecular complexity index is 347. The van der Waals surface area contributed by atoms with Crippen molar-refractivity contribution in [1.29, 1.82) is 0 Å². The van der Waals surface area contributed by atoms with Crippen molar-refractivity contribution in [1.82, 2.24) is 10.6 Å². The van der Waals surface area contributed by atoms with Crippen molar-refractivity contribution in [3.63, 3.8) is 0 Å². The fourth-order valence-electron chi connectivity index (χ4n) is 1.15. The first-order valence-electron chi connectivity index (χ1n) is 5.02. The fraction of sp³-hybridized carbons (Fsp3) is 0.250. The lowest BCUT2D eigenvalue weighted by Crippen LogP contribution is -2.34. The van der Waals surface area contributed by atoms with Gasteiger partial charge in [0.15, 0.2) is 0 Å². The van der Waals surface area contributed by atoms with Gasteiger partial charge in [-0.1, -0.05) is 18.2 Å². The summed E-state index contributed by atoms with van der Waals surface area (Å²) >= 11 is 0. The van der Waals surface area contributed by atoms with Crippen LogP contribution in [0.15, 0.2) is 36.9 Å². The number of benzene rings is 1. The van der Waals surface area contributed by atoms with Gasteiger partial charge < -0.3 is 15.4 Å². The van der Waals surface area contributed by atoms with Crippen LogP contribution in [0.2, 0.25) is 0 Å². The van der Waals surface area contributed by atoms with E-state index < -0.39 is 0 Å². The molecule has 4 nitrogen and oxygen atoms in total. The van der Waals surface area contributed by atoms with Crippen LogP contribution < -0.4 is 15.4 Å². The van der Waals surface area contributed by atoms with Crippen LogP contribution >= 0.6 is 0 Å². The molecule has 0 saturated heterocycles. The van der Waals surface area contributed by atoms with Crippen molar-refractivity contribution >= 4 is 6.03 Å². The van der Waals surface area contributed by atoms with E-state index in [-0.39, 0.29) is 6.03 Å². The summed E-state index contributed by atoms with van der Waals surface area (Å²) in [6.45, 7) is 4.47. The summed E-state index contributed by atoms with van der Waals surface area (Å²) in [6.07, 6.45) is 1.63. The van der Waals surface area contributed by atoms with Crippen molar-refractivity contribution in [3.05, 3.63) is 42.5 Å². The molecular weight excluding hydrogens is 204 g/mol. The van der Waals surface area contributed by atoms with Gasteiger partial charge in [-0.15, -0.1) is 6.58 Å². The largest absolute Gasteiger partial charge is 0.497 e. The molecule has 0 spiro atoms. The predicted molar refractivity (Wildman–Crippen MR) is 63.4 cm³/mol. The molecule has 4 heteroatoms. The molecule has 0 saturated carbocycles. The first-order chi connectivity index (χ1) is 7.76. The Balaban J connectivity index is 2.36. The van der Waals surface area contributed by atoms with Crippen LogP contribution in [0.5, 0.6) is 5.75 Å². The SMILES string of the molecule is C=CCNC(=O)NCc1ccc(OC)cc1. The van der Waals surface area contributed by atoms with E-state index in [1.165, 1.54) is 0 Å². The van der Waals surface area contributed by atoms with Gasteiger partial charge in [0.1, 0.15) is 5.75 Å². The number of urea groups is 1. The Hall–Kier alpha value is -1.97. The smallest absolute Gasteiger partial charge is 0.315 e. The second-order valence-electron chi connectivity index (χ2n) is 3.20. The lowest BCUT2D eigenvalue weighted by Gasteiger charge is -2.06. The summed E-state index contributed by atoms with van der Waals surface area (Å²) < 4.78 is 5.04. The minimum absolute atomic E-state index is 0.198. The molecule has 2 amide bonds. The van der Waals surface area contributed by atoms with Crippen molar-refractivity contribution in [3.8, 4) is 5.75 Å². The monoisotopic (exact) mass is 220 g/mol. The number of amides is 2. The third-order valence-corrected chi connectivity index (χ3v) is 2.02. The van der Waals surface area contributed by atoms with Crippen LogP contribution in [-0.4, -0.2) is 19.7 Å². The highest BCUT2D eigenvalue weighted by Gasteiger charge is 1.98. The summed E-state index contributed by atoms with van der Waals surface area (Å²) in [7, 11) is 1.62. The summed E-state index contributed by atoms with van der Waals surface area (Å²) in [5, 5.41) is 5.36. The number of carbonyl (C=O) groups is 1. The minimum atomic E-state index is -0.198. The van der Waals surface area contributed by atoms with Crippen LogP contribution in [-0.2, 0) is 6.54 Å². The third-order valence-electron chi connectivity index (χ3n) is 2.02. The number of hydrogen-bond donors (Lipinski definition) is 2. The van der Waals surface area contributed by atoms with E-state index >= 15 is 0 Å². The molecule has 0 bridgehead atoms. The highest BCUT2D eigenvalue weighted by atomic mass is 16.5. The zero-order chi connectivity index (χ0) is 11.8. The molecule has 0 atom stereocenters. The maximum Gasteiger partial charge on any atom is 0.315 e. The molecule has 1 aromatic rings. The molecule has 0 unspecified atom stereocenters. The Labute approximate surface area is 95.3 Å². The topological polar surface area (TPSA) is 50.4 Å². The van der Waals surface area contributed by atoms with Gasteiger partial charge in [-0.2, -0.15) is 0 Å². The number of methoxy groups -OCH3 is 1. The molecule has 0 fully saturated rings.